The topological polar surface area (TPSA) is 72.6 Å². The lowest BCUT2D eigenvalue weighted by Gasteiger charge is -2.10. The van der Waals surface area contributed by atoms with E-state index in [2.05, 4.69) is 31.5 Å². The fourth-order valence-corrected chi connectivity index (χ4v) is 3.82. The van der Waals surface area contributed by atoms with Crippen molar-refractivity contribution in [3.8, 4) is 5.75 Å². The smallest absolute Gasteiger partial charge is 0.303 e. The first-order valence-electron chi connectivity index (χ1n) is 10.8. The molecule has 1 heterocycles. The number of carbonyl (C=O) groups is 1. The summed E-state index contributed by atoms with van der Waals surface area (Å²) in [5.74, 6) is 1.54. The van der Waals surface area contributed by atoms with Crippen LogP contribution in [0.2, 0.25) is 0 Å². The van der Waals surface area contributed by atoms with Gasteiger partial charge in [0.05, 0.1) is 18.7 Å². The maximum Gasteiger partial charge on any atom is 0.303 e. The minimum atomic E-state index is -0.744. The van der Waals surface area contributed by atoms with Gasteiger partial charge in [0, 0.05) is 12.0 Å². The monoisotopic (exact) mass is 421 g/mol. The van der Waals surface area contributed by atoms with Crippen LogP contribution in [-0.4, -0.2) is 22.7 Å². The Kier molecular flexibility index (Phi) is 7.50. The van der Waals surface area contributed by atoms with E-state index in [0.29, 0.717) is 18.9 Å². The number of fused-ring (bicyclic) bond motifs is 1. The number of hydrogen-bond donors (Lipinski definition) is 1. The average Bonchev–Trinajstić information content (AvgIpc) is 3.31. The van der Waals surface area contributed by atoms with Gasteiger partial charge in [-0.1, -0.05) is 37.3 Å². The molecule has 0 saturated carbocycles. The normalized spacial score (nSPS) is 16.3. The molecule has 1 aromatic carbocycles. The van der Waals surface area contributed by atoms with Crippen molar-refractivity contribution in [1.82, 2.24) is 4.98 Å². The Morgan fingerprint density at radius 3 is 2.90 bits per heavy atom. The highest BCUT2D eigenvalue weighted by Crippen LogP contribution is 2.37. The lowest BCUT2D eigenvalue weighted by molar-refractivity contribution is -0.137. The van der Waals surface area contributed by atoms with Crippen molar-refractivity contribution in [1.29, 1.82) is 0 Å². The van der Waals surface area contributed by atoms with E-state index in [-0.39, 0.29) is 12.3 Å². The van der Waals surface area contributed by atoms with E-state index in [1.165, 1.54) is 11.1 Å². The zero-order chi connectivity index (χ0) is 22.4. The summed E-state index contributed by atoms with van der Waals surface area (Å²) in [4.78, 5) is 15.7. The molecule has 5 nitrogen and oxygen atoms in total. The molecule has 164 valence electrons. The maximum absolute atomic E-state index is 11.0. The Bertz CT molecular complexity index is 1010. The van der Waals surface area contributed by atoms with Crippen LogP contribution in [0, 0.1) is 6.92 Å². The summed E-state index contributed by atoms with van der Waals surface area (Å²) in [7, 11) is 0. The van der Waals surface area contributed by atoms with E-state index < -0.39 is 5.97 Å². The third-order valence-electron chi connectivity index (χ3n) is 5.81. The SMILES string of the molecule is C=CC(=CC=C(C)CC)c1nc(CCOc2ccc3c(c2)CCC3CC(=O)O)c(C)o1. The fraction of sp³-hybridized carbons (Fsp3) is 0.385. The average molecular weight is 422 g/mol. The van der Waals surface area contributed by atoms with Gasteiger partial charge in [-0.15, -0.1) is 0 Å². The molecule has 0 spiro atoms. The number of rotatable bonds is 10. The first-order valence-corrected chi connectivity index (χ1v) is 10.8. The van der Waals surface area contributed by atoms with Gasteiger partial charge in [-0.2, -0.15) is 0 Å². The molecule has 0 bridgehead atoms. The van der Waals surface area contributed by atoms with Crippen molar-refractivity contribution in [3.05, 3.63) is 77.1 Å². The number of benzene rings is 1. The minimum Gasteiger partial charge on any atom is -0.493 e. The lowest BCUT2D eigenvalue weighted by Crippen LogP contribution is -2.04. The van der Waals surface area contributed by atoms with Crippen molar-refractivity contribution >= 4 is 11.5 Å². The van der Waals surface area contributed by atoms with Gasteiger partial charge in [-0.25, -0.2) is 4.98 Å². The van der Waals surface area contributed by atoms with Gasteiger partial charge in [0.1, 0.15) is 11.5 Å². The summed E-state index contributed by atoms with van der Waals surface area (Å²) >= 11 is 0. The number of hydrogen-bond acceptors (Lipinski definition) is 4. The van der Waals surface area contributed by atoms with E-state index in [1.54, 1.807) is 6.08 Å². The summed E-state index contributed by atoms with van der Waals surface area (Å²) in [5.41, 5.74) is 5.35. The van der Waals surface area contributed by atoms with Crippen molar-refractivity contribution in [3.63, 3.8) is 0 Å². The number of oxazole rings is 1. The number of carboxylic acids is 1. The Morgan fingerprint density at radius 1 is 1.39 bits per heavy atom. The number of aliphatic carboxylic acids is 1. The summed E-state index contributed by atoms with van der Waals surface area (Å²) in [5, 5.41) is 9.07. The summed E-state index contributed by atoms with van der Waals surface area (Å²) in [6.45, 7) is 10.5. The van der Waals surface area contributed by atoms with Crippen molar-refractivity contribution in [2.24, 2.45) is 0 Å². The summed E-state index contributed by atoms with van der Waals surface area (Å²) in [6.07, 6.45) is 9.42. The maximum atomic E-state index is 11.0. The van der Waals surface area contributed by atoms with Gasteiger partial charge >= 0.3 is 5.97 Å². The van der Waals surface area contributed by atoms with Crippen molar-refractivity contribution < 1.29 is 19.1 Å². The standard InChI is InChI=1S/C26H31NO4/c1-5-17(3)7-8-19(6-2)26-27-24(18(4)31-26)13-14-30-22-11-12-23-20(15-22)9-10-21(23)16-25(28)29/h6-8,11-12,15,21H,2,5,9-10,13-14,16H2,1,3-4H3,(H,28,29). The van der Waals surface area contributed by atoms with Crippen LogP contribution in [0.5, 0.6) is 5.75 Å². The van der Waals surface area contributed by atoms with Gasteiger partial charge in [0.15, 0.2) is 0 Å². The number of nitrogens with zero attached hydrogens (tertiary/aromatic N) is 1. The molecule has 31 heavy (non-hydrogen) atoms. The fourth-order valence-electron chi connectivity index (χ4n) is 3.82. The Hall–Kier alpha value is -3.08. The molecule has 0 aliphatic heterocycles. The quantitative estimate of drug-likeness (QED) is 0.474. The van der Waals surface area contributed by atoms with E-state index in [9.17, 15) is 4.79 Å². The molecule has 0 fully saturated rings. The Labute approximate surface area is 184 Å². The molecule has 0 amide bonds. The predicted octanol–water partition coefficient (Wildman–Crippen LogP) is 6.03. The molecule has 3 rings (SSSR count). The minimum absolute atomic E-state index is 0.112. The number of allylic oxidation sites excluding steroid dienone is 5. The highest BCUT2D eigenvalue weighted by atomic mass is 16.5. The van der Waals surface area contributed by atoms with Crippen LogP contribution in [0.3, 0.4) is 0 Å². The molecule has 0 radical (unpaired) electrons. The summed E-state index contributed by atoms with van der Waals surface area (Å²) < 4.78 is 11.8. The van der Waals surface area contributed by atoms with Crippen LogP contribution >= 0.6 is 0 Å². The number of ether oxygens (including phenoxy) is 1. The third kappa shape index (κ3) is 5.75. The van der Waals surface area contributed by atoms with Gasteiger partial charge < -0.3 is 14.3 Å². The molecule has 1 unspecified atom stereocenters. The number of carboxylic acid groups (broad SMARTS) is 1. The van der Waals surface area contributed by atoms with E-state index in [1.807, 2.05) is 31.2 Å². The first kappa shape index (κ1) is 22.6. The van der Waals surface area contributed by atoms with Crippen molar-refractivity contribution in [2.45, 2.75) is 58.8 Å². The zero-order valence-corrected chi connectivity index (χ0v) is 18.6. The van der Waals surface area contributed by atoms with Crippen LogP contribution in [0.15, 0.2) is 53.0 Å². The number of aromatic nitrogens is 1. The molecule has 1 N–H and O–H groups in total. The van der Waals surface area contributed by atoms with Crippen LogP contribution in [0.4, 0.5) is 0 Å². The third-order valence-corrected chi connectivity index (χ3v) is 5.81. The molecule has 1 aliphatic carbocycles. The Morgan fingerprint density at radius 2 is 2.19 bits per heavy atom. The zero-order valence-electron chi connectivity index (χ0n) is 18.6. The Balaban J connectivity index is 1.62. The molecule has 0 saturated heterocycles. The highest BCUT2D eigenvalue weighted by Gasteiger charge is 2.24. The van der Waals surface area contributed by atoms with E-state index in [0.717, 1.165) is 47.6 Å². The molecular formula is C26H31NO4. The van der Waals surface area contributed by atoms with Crippen LogP contribution in [-0.2, 0) is 17.6 Å². The lowest BCUT2D eigenvalue weighted by atomic mass is 9.98. The molecular weight excluding hydrogens is 390 g/mol. The highest BCUT2D eigenvalue weighted by molar-refractivity contribution is 5.70. The van der Waals surface area contributed by atoms with Gasteiger partial charge in [-0.05, 0) is 68.4 Å². The van der Waals surface area contributed by atoms with Gasteiger partial charge in [0.25, 0.3) is 0 Å². The van der Waals surface area contributed by atoms with Gasteiger partial charge in [0.2, 0.25) is 5.89 Å². The second-order valence-electron chi connectivity index (χ2n) is 8.01. The first-order chi connectivity index (χ1) is 14.9. The second kappa shape index (κ2) is 10.3. The van der Waals surface area contributed by atoms with Crippen molar-refractivity contribution in [2.75, 3.05) is 6.61 Å². The molecule has 2 aromatic rings. The van der Waals surface area contributed by atoms with E-state index >= 15 is 0 Å². The van der Waals surface area contributed by atoms with Crippen LogP contribution in [0.25, 0.3) is 5.57 Å². The van der Waals surface area contributed by atoms with Crippen LogP contribution in [0.1, 0.15) is 67.5 Å². The van der Waals surface area contributed by atoms with E-state index in [4.69, 9.17) is 14.3 Å². The number of aryl methyl sites for hydroxylation is 2. The molecule has 1 aliphatic rings. The molecule has 1 atom stereocenters. The second-order valence-corrected chi connectivity index (χ2v) is 8.01. The van der Waals surface area contributed by atoms with Crippen LogP contribution < -0.4 is 4.74 Å². The summed E-state index contributed by atoms with van der Waals surface area (Å²) in [6, 6.07) is 5.98. The predicted molar refractivity (Wildman–Crippen MR) is 122 cm³/mol. The van der Waals surface area contributed by atoms with Gasteiger partial charge in [-0.3, -0.25) is 4.79 Å². The molecule has 5 heteroatoms. The largest absolute Gasteiger partial charge is 0.493 e. The molecule has 1 aromatic heterocycles.